The molecule has 120 valence electrons. The van der Waals surface area contributed by atoms with Gasteiger partial charge in [0.05, 0.1) is 12.8 Å². The summed E-state index contributed by atoms with van der Waals surface area (Å²) in [4.78, 5) is 24.1. The third kappa shape index (κ3) is 4.00. The first-order chi connectivity index (χ1) is 11.0. The fourth-order valence-electron chi connectivity index (χ4n) is 1.91. The van der Waals surface area contributed by atoms with E-state index in [1.54, 1.807) is 36.4 Å². The van der Waals surface area contributed by atoms with Crippen LogP contribution in [0.25, 0.3) is 0 Å². The third-order valence-electron chi connectivity index (χ3n) is 3.14. The normalized spacial score (nSPS) is 11.4. The Labute approximate surface area is 133 Å². The minimum absolute atomic E-state index is 0.00411. The Balaban J connectivity index is 2.03. The second-order valence-electron chi connectivity index (χ2n) is 4.75. The van der Waals surface area contributed by atoms with Gasteiger partial charge in [-0.3, -0.25) is 4.79 Å². The average Bonchev–Trinajstić information content (AvgIpc) is 2.55. The number of rotatable bonds is 5. The van der Waals surface area contributed by atoms with Crippen LogP contribution in [0.2, 0.25) is 0 Å². The molecule has 0 fully saturated rings. The predicted octanol–water partition coefficient (Wildman–Crippen LogP) is 2.58. The summed E-state index contributed by atoms with van der Waals surface area (Å²) in [7, 11) is 1.49. The van der Waals surface area contributed by atoms with Gasteiger partial charge in [0, 0.05) is 0 Å². The first-order valence-electron chi connectivity index (χ1n) is 6.95. The van der Waals surface area contributed by atoms with Crippen molar-refractivity contribution in [3.8, 4) is 11.5 Å². The van der Waals surface area contributed by atoms with Crippen molar-refractivity contribution in [2.24, 2.45) is 0 Å². The summed E-state index contributed by atoms with van der Waals surface area (Å²) in [5, 5.41) is 12.2. The molecule has 0 spiro atoms. The lowest BCUT2D eigenvalue weighted by Crippen LogP contribution is -2.30. The van der Waals surface area contributed by atoms with Crippen LogP contribution in [0.15, 0.2) is 48.5 Å². The predicted molar refractivity (Wildman–Crippen MR) is 84.6 cm³/mol. The van der Waals surface area contributed by atoms with Crippen molar-refractivity contribution in [1.29, 1.82) is 0 Å². The summed E-state index contributed by atoms with van der Waals surface area (Å²) in [6, 6.07) is 12.9. The number of phenolic OH excluding ortho intramolecular Hbond substituents is 1. The fourth-order valence-corrected chi connectivity index (χ4v) is 1.91. The van der Waals surface area contributed by atoms with Crippen LogP contribution < -0.4 is 10.1 Å². The summed E-state index contributed by atoms with van der Waals surface area (Å²) in [6.07, 6.45) is -1.04. The molecule has 2 aromatic rings. The van der Waals surface area contributed by atoms with E-state index in [2.05, 4.69) is 5.32 Å². The molecule has 23 heavy (non-hydrogen) atoms. The zero-order valence-corrected chi connectivity index (χ0v) is 12.8. The van der Waals surface area contributed by atoms with E-state index < -0.39 is 18.0 Å². The number of hydrogen-bond acceptors (Lipinski definition) is 5. The van der Waals surface area contributed by atoms with E-state index in [-0.39, 0.29) is 11.3 Å². The van der Waals surface area contributed by atoms with Crippen molar-refractivity contribution in [2.45, 2.75) is 13.0 Å². The van der Waals surface area contributed by atoms with E-state index in [1.807, 2.05) is 0 Å². The first-order valence-corrected chi connectivity index (χ1v) is 6.95. The number of carbonyl (C=O) groups is 2. The molecule has 0 aliphatic rings. The lowest BCUT2D eigenvalue weighted by atomic mass is 10.2. The molecule has 0 aliphatic heterocycles. The van der Waals surface area contributed by atoms with Crippen LogP contribution in [0.4, 0.5) is 5.69 Å². The molecule has 2 aromatic carbocycles. The van der Waals surface area contributed by atoms with Crippen molar-refractivity contribution in [3.05, 3.63) is 54.1 Å². The van der Waals surface area contributed by atoms with Gasteiger partial charge in [-0.05, 0) is 31.2 Å². The van der Waals surface area contributed by atoms with Crippen LogP contribution in [0.3, 0.4) is 0 Å². The molecule has 2 rings (SSSR count). The number of amides is 1. The largest absolute Gasteiger partial charge is 0.507 e. The maximum absolute atomic E-state index is 12.1. The molecule has 6 heteroatoms. The molecule has 0 radical (unpaired) electrons. The number of esters is 1. The first kappa shape index (κ1) is 16.4. The highest BCUT2D eigenvalue weighted by molar-refractivity contribution is 5.98. The van der Waals surface area contributed by atoms with Gasteiger partial charge < -0.3 is 19.9 Å². The Morgan fingerprint density at radius 2 is 1.74 bits per heavy atom. The van der Waals surface area contributed by atoms with E-state index in [0.29, 0.717) is 11.4 Å². The van der Waals surface area contributed by atoms with Gasteiger partial charge in [-0.2, -0.15) is 0 Å². The van der Waals surface area contributed by atoms with E-state index in [0.717, 1.165) is 0 Å². The minimum Gasteiger partial charge on any atom is -0.507 e. The van der Waals surface area contributed by atoms with Crippen LogP contribution in [-0.4, -0.2) is 30.2 Å². The van der Waals surface area contributed by atoms with Gasteiger partial charge in [0.15, 0.2) is 6.10 Å². The molecule has 6 nitrogen and oxygen atoms in total. The van der Waals surface area contributed by atoms with E-state index in [1.165, 1.54) is 26.2 Å². The standard InChI is InChI=1S/C17H17NO5/c1-11(23-17(21)12-7-3-5-9-14(12)19)16(20)18-13-8-4-6-10-15(13)22-2/h3-11,19H,1-2H3,(H,18,20). The molecule has 0 aliphatic carbocycles. The van der Waals surface area contributed by atoms with Gasteiger partial charge in [0.25, 0.3) is 5.91 Å². The number of para-hydroxylation sites is 3. The van der Waals surface area contributed by atoms with Gasteiger partial charge >= 0.3 is 5.97 Å². The van der Waals surface area contributed by atoms with Crippen molar-refractivity contribution >= 4 is 17.6 Å². The topological polar surface area (TPSA) is 84.9 Å². The lowest BCUT2D eigenvalue weighted by molar-refractivity contribution is -0.123. The molecule has 0 heterocycles. The number of hydrogen-bond donors (Lipinski definition) is 2. The molecule has 1 atom stereocenters. The van der Waals surface area contributed by atoms with Crippen LogP contribution >= 0.6 is 0 Å². The average molecular weight is 315 g/mol. The summed E-state index contributed by atoms with van der Waals surface area (Å²) in [5.41, 5.74) is 0.481. The van der Waals surface area contributed by atoms with E-state index >= 15 is 0 Å². The molecule has 0 saturated carbocycles. The SMILES string of the molecule is COc1ccccc1NC(=O)C(C)OC(=O)c1ccccc1O. The fraction of sp³-hybridized carbons (Fsp3) is 0.176. The van der Waals surface area contributed by atoms with Crippen LogP contribution in [0.1, 0.15) is 17.3 Å². The quantitative estimate of drug-likeness (QED) is 0.828. The number of carbonyl (C=O) groups excluding carboxylic acids is 2. The molecule has 1 amide bonds. The Morgan fingerprint density at radius 3 is 2.43 bits per heavy atom. The highest BCUT2D eigenvalue weighted by atomic mass is 16.5. The van der Waals surface area contributed by atoms with Crippen LogP contribution in [-0.2, 0) is 9.53 Å². The second-order valence-corrected chi connectivity index (χ2v) is 4.75. The van der Waals surface area contributed by atoms with Crippen molar-refractivity contribution in [2.75, 3.05) is 12.4 Å². The van der Waals surface area contributed by atoms with Crippen LogP contribution in [0, 0.1) is 0 Å². The zero-order valence-electron chi connectivity index (χ0n) is 12.8. The number of nitrogens with one attached hydrogen (secondary N) is 1. The van der Waals surface area contributed by atoms with Gasteiger partial charge in [0.1, 0.15) is 17.1 Å². The Bertz CT molecular complexity index is 714. The highest BCUT2D eigenvalue weighted by Gasteiger charge is 2.21. The number of anilines is 1. The third-order valence-corrected chi connectivity index (χ3v) is 3.14. The van der Waals surface area contributed by atoms with Gasteiger partial charge in [0.2, 0.25) is 0 Å². The van der Waals surface area contributed by atoms with Crippen LogP contribution in [0.5, 0.6) is 11.5 Å². The van der Waals surface area contributed by atoms with Crippen molar-refractivity contribution < 1.29 is 24.2 Å². The number of benzene rings is 2. The summed E-state index contributed by atoms with van der Waals surface area (Å²) in [5.74, 6) is -0.973. The van der Waals surface area contributed by atoms with Crippen molar-refractivity contribution in [1.82, 2.24) is 0 Å². The maximum atomic E-state index is 12.1. The Kier molecular flexibility index (Phi) is 5.19. The molecule has 0 aromatic heterocycles. The number of aromatic hydroxyl groups is 1. The lowest BCUT2D eigenvalue weighted by Gasteiger charge is -2.15. The smallest absolute Gasteiger partial charge is 0.342 e. The summed E-state index contributed by atoms with van der Waals surface area (Å²) in [6.45, 7) is 1.45. The molecule has 1 unspecified atom stereocenters. The van der Waals surface area contributed by atoms with Gasteiger partial charge in [-0.25, -0.2) is 4.79 Å². The molecule has 0 bridgehead atoms. The highest BCUT2D eigenvalue weighted by Crippen LogP contribution is 2.23. The Hall–Kier alpha value is -3.02. The Morgan fingerprint density at radius 1 is 1.09 bits per heavy atom. The zero-order chi connectivity index (χ0) is 16.8. The number of phenols is 1. The molecular weight excluding hydrogens is 298 g/mol. The van der Waals surface area contributed by atoms with Gasteiger partial charge in [-0.1, -0.05) is 24.3 Å². The second kappa shape index (κ2) is 7.31. The van der Waals surface area contributed by atoms with Gasteiger partial charge in [-0.15, -0.1) is 0 Å². The van der Waals surface area contributed by atoms with Crippen molar-refractivity contribution in [3.63, 3.8) is 0 Å². The van der Waals surface area contributed by atoms with E-state index in [9.17, 15) is 14.7 Å². The maximum Gasteiger partial charge on any atom is 0.342 e. The monoisotopic (exact) mass is 315 g/mol. The minimum atomic E-state index is -1.04. The number of ether oxygens (including phenoxy) is 2. The molecule has 2 N–H and O–H groups in total. The summed E-state index contributed by atoms with van der Waals surface area (Å²) >= 11 is 0. The number of methoxy groups -OCH3 is 1. The summed E-state index contributed by atoms with van der Waals surface area (Å²) < 4.78 is 10.2. The molecule has 0 saturated heterocycles. The molecular formula is C17H17NO5. The van der Waals surface area contributed by atoms with E-state index in [4.69, 9.17) is 9.47 Å².